The molecule has 0 spiro atoms. The van der Waals surface area contributed by atoms with Crippen LogP contribution in [-0.2, 0) is 9.53 Å². The third kappa shape index (κ3) is 5.27. The average molecular weight is 136 g/mol. The summed E-state index contributed by atoms with van der Waals surface area (Å²) < 4.78 is 4.66. The Bertz CT molecular complexity index is 81.1. The van der Waals surface area contributed by atoms with Crippen LogP contribution in [0.1, 0.15) is 20.8 Å². The van der Waals surface area contributed by atoms with E-state index in [1.807, 2.05) is 13.8 Å². The van der Waals surface area contributed by atoms with Gasteiger partial charge in [-0.1, -0.05) is 13.8 Å². The van der Waals surface area contributed by atoms with Gasteiger partial charge in [-0.25, -0.2) is 0 Å². The van der Waals surface area contributed by atoms with Crippen LogP contribution in [0.2, 0.25) is 0 Å². The predicted octanol–water partition coefficient (Wildman–Crippen LogP) is 1.36. The molecule has 56 valence electrons. The Kier molecular flexibility index (Phi) is 6.91. The fourth-order valence-corrected chi connectivity index (χ4v) is 0.309. The molecule has 0 fully saturated rings. The minimum absolute atomic E-state index is 0. The number of halogens is 1. The van der Waals surface area contributed by atoms with Crippen molar-refractivity contribution in [1.82, 2.24) is 0 Å². The molecule has 0 heterocycles. The summed E-state index contributed by atoms with van der Waals surface area (Å²) in [6.07, 6.45) is 0. The Morgan fingerprint density at radius 1 is 1.56 bits per heavy atom. The SMILES string of the molecule is CCOC(=O)C(C)C.F. The summed E-state index contributed by atoms with van der Waals surface area (Å²) >= 11 is 0. The first-order chi connectivity index (χ1) is 3.68. The first-order valence-electron chi connectivity index (χ1n) is 2.85. The van der Waals surface area contributed by atoms with E-state index in [2.05, 4.69) is 4.74 Å². The lowest BCUT2D eigenvalue weighted by molar-refractivity contribution is -0.146. The van der Waals surface area contributed by atoms with Crippen LogP contribution in [-0.4, -0.2) is 12.6 Å². The highest BCUT2D eigenvalue weighted by Crippen LogP contribution is 1.93. The van der Waals surface area contributed by atoms with Gasteiger partial charge in [-0.05, 0) is 6.92 Å². The lowest BCUT2D eigenvalue weighted by Crippen LogP contribution is -2.10. The lowest BCUT2D eigenvalue weighted by atomic mass is 10.2. The van der Waals surface area contributed by atoms with Crippen LogP contribution in [0.15, 0.2) is 0 Å². The molecule has 0 radical (unpaired) electrons. The molecule has 0 aromatic carbocycles. The zero-order valence-electron chi connectivity index (χ0n) is 6.01. The zero-order chi connectivity index (χ0) is 6.57. The van der Waals surface area contributed by atoms with Crippen LogP contribution < -0.4 is 0 Å². The highest BCUT2D eigenvalue weighted by atomic mass is 19.0. The summed E-state index contributed by atoms with van der Waals surface area (Å²) in [6.45, 7) is 5.92. The minimum atomic E-state index is -0.118. The van der Waals surface area contributed by atoms with Crippen LogP contribution in [0.3, 0.4) is 0 Å². The molecule has 2 nitrogen and oxygen atoms in total. The van der Waals surface area contributed by atoms with Crippen molar-refractivity contribution in [3.63, 3.8) is 0 Å². The molecule has 0 aromatic heterocycles. The van der Waals surface area contributed by atoms with Gasteiger partial charge in [0.25, 0.3) is 0 Å². The molecule has 0 bridgehead atoms. The fraction of sp³-hybridized carbons (Fsp3) is 0.833. The van der Waals surface area contributed by atoms with E-state index in [0.717, 1.165) is 0 Å². The zero-order valence-corrected chi connectivity index (χ0v) is 6.01. The number of carbonyl (C=O) groups excluding carboxylic acids is 1. The second-order valence-corrected chi connectivity index (χ2v) is 1.91. The van der Waals surface area contributed by atoms with E-state index in [1.165, 1.54) is 0 Å². The molecule has 9 heavy (non-hydrogen) atoms. The highest BCUT2D eigenvalue weighted by molar-refractivity contribution is 5.71. The van der Waals surface area contributed by atoms with Gasteiger partial charge in [-0.2, -0.15) is 0 Å². The summed E-state index contributed by atoms with van der Waals surface area (Å²) in [5, 5.41) is 0. The monoisotopic (exact) mass is 136 g/mol. The van der Waals surface area contributed by atoms with Crippen molar-refractivity contribution in [2.75, 3.05) is 6.61 Å². The molecule has 0 aliphatic heterocycles. The Labute approximate surface area is 54.6 Å². The first-order valence-corrected chi connectivity index (χ1v) is 2.85. The van der Waals surface area contributed by atoms with Gasteiger partial charge in [0.05, 0.1) is 12.5 Å². The largest absolute Gasteiger partial charge is 0.466 e. The molecule has 0 amide bonds. The molecule has 3 heteroatoms. The summed E-state index contributed by atoms with van der Waals surface area (Å²) in [7, 11) is 0. The predicted molar refractivity (Wildman–Crippen MR) is 34.0 cm³/mol. The van der Waals surface area contributed by atoms with Crippen molar-refractivity contribution in [1.29, 1.82) is 0 Å². The number of rotatable bonds is 2. The van der Waals surface area contributed by atoms with Crippen molar-refractivity contribution in [3.05, 3.63) is 0 Å². The minimum Gasteiger partial charge on any atom is -0.466 e. The highest BCUT2D eigenvalue weighted by Gasteiger charge is 2.04. The summed E-state index contributed by atoms with van der Waals surface area (Å²) in [5.74, 6) is -0.109. The number of esters is 1. The standard InChI is InChI=1S/C6H12O2.FH/c1-4-8-6(7)5(2)3;/h5H,4H2,1-3H3;1H. The molecule has 0 aliphatic carbocycles. The maximum absolute atomic E-state index is 10.5. The number of hydrogen-bond acceptors (Lipinski definition) is 2. The van der Waals surface area contributed by atoms with Crippen LogP contribution in [0.25, 0.3) is 0 Å². The smallest absolute Gasteiger partial charge is 0.308 e. The Balaban J connectivity index is 0. The number of carbonyl (C=O) groups is 1. The Morgan fingerprint density at radius 2 is 2.00 bits per heavy atom. The van der Waals surface area contributed by atoms with E-state index in [4.69, 9.17) is 0 Å². The third-order valence-electron chi connectivity index (χ3n) is 0.758. The fourth-order valence-electron chi connectivity index (χ4n) is 0.309. The molecule has 0 unspecified atom stereocenters. The van der Waals surface area contributed by atoms with Gasteiger partial charge in [-0.3, -0.25) is 9.50 Å². The molecule has 0 N–H and O–H groups in total. The van der Waals surface area contributed by atoms with Crippen LogP contribution in [0.5, 0.6) is 0 Å². The second kappa shape index (κ2) is 5.54. The number of ether oxygens (including phenoxy) is 1. The van der Waals surface area contributed by atoms with E-state index in [9.17, 15) is 4.79 Å². The van der Waals surface area contributed by atoms with E-state index in [1.54, 1.807) is 6.92 Å². The first kappa shape index (κ1) is 11.2. The van der Waals surface area contributed by atoms with Crippen molar-refractivity contribution >= 4 is 5.97 Å². The summed E-state index contributed by atoms with van der Waals surface area (Å²) in [6, 6.07) is 0. The topological polar surface area (TPSA) is 26.3 Å². The van der Waals surface area contributed by atoms with Crippen molar-refractivity contribution in [2.45, 2.75) is 20.8 Å². The lowest BCUT2D eigenvalue weighted by Gasteiger charge is -2.01. The van der Waals surface area contributed by atoms with Gasteiger partial charge in [0.15, 0.2) is 0 Å². The Hall–Kier alpha value is -0.600. The van der Waals surface area contributed by atoms with E-state index < -0.39 is 0 Å². The van der Waals surface area contributed by atoms with E-state index in [0.29, 0.717) is 6.61 Å². The van der Waals surface area contributed by atoms with Crippen LogP contribution >= 0.6 is 0 Å². The van der Waals surface area contributed by atoms with Crippen molar-refractivity contribution < 1.29 is 14.2 Å². The van der Waals surface area contributed by atoms with Gasteiger partial charge < -0.3 is 4.74 Å². The molecule has 0 aliphatic rings. The normalized spacial score (nSPS) is 8.44. The Morgan fingerprint density at radius 3 is 2.11 bits per heavy atom. The van der Waals surface area contributed by atoms with Crippen molar-refractivity contribution in [3.8, 4) is 0 Å². The quantitative estimate of drug-likeness (QED) is 0.536. The molecule has 0 atom stereocenters. The van der Waals surface area contributed by atoms with Crippen LogP contribution in [0, 0.1) is 5.92 Å². The van der Waals surface area contributed by atoms with Gasteiger partial charge >= 0.3 is 5.97 Å². The molecule has 0 aromatic rings. The average Bonchev–Trinajstić information content (AvgIpc) is 1.67. The third-order valence-corrected chi connectivity index (χ3v) is 0.758. The molecular weight excluding hydrogens is 123 g/mol. The maximum atomic E-state index is 10.5. The van der Waals surface area contributed by atoms with Gasteiger partial charge in [-0.15, -0.1) is 0 Å². The molecule has 0 saturated carbocycles. The van der Waals surface area contributed by atoms with Gasteiger partial charge in [0.1, 0.15) is 0 Å². The van der Waals surface area contributed by atoms with Crippen LogP contribution in [0.4, 0.5) is 4.70 Å². The maximum Gasteiger partial charge on any atom is 0.308 e. The van der Waals surface area contributed by atoms with Gasteiger partial charge in [0.2, 0.25) is 0 Å². The summed E-state index contributed by atoms with van der Waals surface area (Å²) in [5.41, 5.74) is 0. The summed E-state index contributed by atoms with van der Waals surface area (Å²) in [4.78, 5) is 10.5. The van der Waals surface area contributed by atoms with Gasteiger partial charge in [0, 0.05) is 0 Å². The van der Waals surface area contributed by atoms with E-state index in [-0.39, 0.29) is 16.6 Å². The molecule has 0 saturated heterocycles. The molecule has 0 rings (SSSR count). The van der Waals surface area contributed by atoms with Crippen molar-refractivity contribution in [2.24, 2.45) is 5.92 Å². The number of hydrogen-bond donors (Lipinski definition) is 0. The molecular formula is C6H13FO2. The second-order valence-electron chi connectivity index (χ2n) is 1.91. The van der Waals surface area contributed by atoms with E-state index >= 15 is 0 Å².